The van der Waals surface area contributed by atoms with Gasteiger partial charge in [-0.15, -0.1) is 10.2 Å². The number of thioether (sulfide) groups is 1. The summed E-state index contributed by atoms with van der Waals surface area (Å²) in [5, 5.41) is 12.3. The molecule has 0 atom stereocenters. The second-order valence-electron chi connectivity index (χ2n) is 7.16. The lowest BCUT2D eigenvalue weighted by Crippen LogP contribution is -2.16. The van der Waals surface area contributed by atoms with Crippen LogP contribution < -0.4 is 5.32 Å². The van der Waals surface area contributed by atoms with Gasteiger partial charge in [-0.1, -0.05) is 56.0 Å². The van der Waals surface area contributed by atoms with Crippen LogP contribution in [0.25, 0.3) is 11.4 Å². The molecule has 0 aliphatic heterocycles. The molecule has 0 unspecified atom stereocenters. The quantitative estimate of drug-likeness (QED) is 0.430. The van der Waals surface area contributed by atoms with E-state index in [1.165, 1.54) is 11.8 Å². The average Bonchev–Trinajstić information content (AvgIpc) is 3.09. The topological polar surface area (TPSA) is 72.7 Å². The van der Waals surface area contributed by atoms with Gasteiger partial charge in [0.25, 0.3) is 0 Å². The normalized spacial score (nSPS) is 10.9. The molecule has 0 fully saturated rings. The van der Waals surface area contributed by atoms with Crippen molar-refractivity contribution in [1.82, 2.24) is 19.7 Å². The van der Waals surface area contributed by atoms with E-state index in [2.05, 4.69) is 40.9 Å². The molecular weight excluding hydrogens is 382 g/mol. The molecule has 3 rings (SSSR count). The van der Waals surface area contributed by atoms with Gasteiger partial charge in [0.05, 0.1) is 5.75 Å². The number of nitrogens with one attached hydrogen (secondary N) is 1. The highest BCUT2D eigenvalue weighted by Gasteiger charge is 2.16. The van der Waals surface area contributed by atoms with Crippen molar-refractivity contribution < 1.29 is 4.79 Å². The van der Waals surface area contributed by atoms with E-state index in [4.69, 9.17) is 0 Å². The van der Waals surface area contributed by atoms with Crippen LogP contribution in [0.3, 0.4) is 0 Å². The maximum Gasteiger partial charge on any atom is 0.234 e. The fourth-order valence-corrected chi connectivity index (χ4v) is 3.69. The summed E-state index contributed by atoms with van der Waals surface area (Å²) in [6.45, 7) is 10.8. The smallest absolute Gasteiger partial charge is 0.234 e. The summed E-state index contributed by atoms with van der Waals surface area (Å²) in [7, 11) is 0. The summed E-state index contributed by atoms with van der Waals surface area (Å²) in [4.78, 5) is 16.6. The predicted molar refractivity (Wildman–Crippen MR) is 118 cm³/mol. The standard InChI is InChI=1S/C22H25N5OS/c1-15(2)13-27-21(17-9-11-23-12-10-17)25-26-22(27)29-14-20(28)24-19-8-6-5-7-18(19)16(3)4/h5-12,16H,1,13-14H2,2-4H3,(H,24,28). The lowest BCUT2D eigenvalue weighted by molar-refractivity contribution is -0.113. The molecule has 0 radical (unpaired) electrons. The Kier molecular flexibility index (Phi) is 6.82. The number of rotatable bonds is 8. The van der Waals surface area contributed by atoms with Crippen molar-refractivity contribution in [2.24, 2.45) is 0 Å². The predicted octanol–water partition coefficient (Wildman–Crippen LogP) is 4.77. The van der Waals surface area contributed by atoms with E-state index in [9.17, 15) is 4.79 Å². The minimum atomic E-state index is -0.0709. The molecule has 0 aliphatic rings. The summed E-state index contributed by atoms with van der Waals surface area (Å²) in [6.07, 6.45) is 3.45. The van der Waals surface area contributed by atoms with Gasteiger partial charge in [0.15, 0.2) is 11.0 Å². The molecule has 1 aromatic carbocycles. The van der Waals surface area contributed by atoms with Crippen molar-refractivity contribution in [2.75, 3.05) is 11.1 Å². The second kappa shape index (κ2) is 9.52. The molecule has 6 nitrogen and oxygen atoms in total. The molecule has 0 bridgehead atoms. The number of nitrogens with zero attached hydrogens (tertiary/aromatic N) is 4. The van der Waals surface area contributed by atoms with Crippen molar-refractivity contribution in [3.8, 4) is 11.4 Å². The number of pyridine rings is 1. The minimum absolute atomic E-state index is 0.0709. The monoisotopic (exact) mass is 407 g/mol. The SMILES string of the molecule is C=C(C)Cn1c(SCC(=O)Nc2ccccc2C(C)C)nnc1-c1ccncc1. The Bertz CT molecular complexity index is 997. The summed E-state index contributed by atoms with van der Waals surface area (Å²) in [5.41, 5.74) is 3.89. The lowest BCUT2D eigenvalue weighted by atomic mass is 10.0. The van der Waals surface area contributed by atoms with E-state index in [0.29, 0.717) is 17.6 Å². The molecule has 29 heavy (non-hydrogen) atoms. The van der Waals surface area contributed by atoms with Crippen LogP contribution >= 0.6 is 11.8 Å². The van der Waals surface area contributed by atoms with Crippen LogP contribution in [-0.2, 0) is 11.3 Å². The molecule has 2 aromatic heterocycles. The van der Waals surface area contributed by atoms with Crippen LogP contribution in [0.15, 0.2) is 66.1 Å². The average molecular weight is 408 g/mol. The van der Waals surface area contributed by atoms with E-state index >= 15 is 0 Å². The fraction of sp³-hybridized carbons (Fsp3) is 0.273. The number of carbonyl (C=O) groups is 1. The molecule has 0 saturated heterocycles. The highest BCUT2D eigenvalue weighted by atomic mass is 32.2. The van der Waals surface area contributed by atoms with Gasteiger partial charge in [0.2, 0.25) is 5.91 Å². The first-order valence-corrected chi connectivity index (χ1v) is 10.4. The number of hydrogen-bond donors (Lipinski definition) is 1. The zero-order valence-electron chi connectivity index (χ0n) is 16.9. The first-order valence-electron chi connectivity index (χ1n) is 9.45. The highest BCUT2D eigenvalue weighted by molar-refractivity contribution is 7.99. The van der Waals surface area contributed by atoms with Crippen LogP contribution in [0.2, 0.25) is 0 Å². The van der Waals surface area contributed by atoms with Gasteiger partial charge in [0, 0.05) is 30.2 Å². The van der Waals surface area contributed by atoms with Gasteiger partial charge in [0.1, 0.15) is 0 Å². The third-order valence-corrected chi connectivity index (χ3v) is 5.24. The van der Waals surface area contributed by atoms with Gasteiger partial charge >= 0.3 is 0 Å². The van der Waals surface area contributed by atoms with Crippen molar-refractivity contribution in [2.45, 2.75) is 38.4 Å². The molecule has 0 aliphatic carbocycles. The first-order chi connectivity index (χ1) is 14.0. The Morgan fingerprint density at radius 1 is 1.17 bits per heavy atom. The third-order valence-electron chi connectivity index (χ3n) is 4.27. The molecule has 0 spiro atoms. The summed E-state index contributed by atoms with van der Waals surface area (Å²) in [5.74, 6) is 1.25. The van der Waals surface area contributed by atoms with Crippen LogP contribution in [0, 0.1) is 0 Å². The number of para-hydroxylation sites is 1. The Hall–Kier alpha value is -2.93. The third kappa shape index (κ3) is 5.32. The summed E-state index contributed by atoms with van der Waals surface area (Å²) >= 11 is 1.37. The number of carbonyl (C=O) groups excluding carboxylic acids is 1. The molecule has 2 heterocycles. The molecule has 1 amide bonds. The number of anilines is 1. The first kappa shape index (κ1) is 20.8. The molecule has 0 saturated carbocycles. The summed E-state index contributed by atoms with van der Waals surface area (Å²) < 4.78 is 1.98. The zero-order valence-corrected chi connectivity index (χ0v) is 17.7. The van der Waals surface area contributed by atoms with Crippen LogP contribution in [0.1, 0.15) is 32.3 Å². The van der Waals surface area contributed by atoms with Gasteiger partial charge < -0.3 is 5.32 Å². The van der Waals surface area contributed by atoms with Crippen LogP contribution in [0.4, 0.5) is 5.69 Å². The van der Waals surface area contributed by atoms with Crippen LogP contribution in [-0.4, -0.2) is 31.4 Å². The lowest BCUT2D eigenvalue weighted by Gasteiger charge is -2.13. The second-order valence-corrected chi connectivity index (χ2v) is 8.11. The van der Waals surface area contributed by atoms with Crippen molar-refractivity contribution in [3.63, 3.8) is 0 Å². The van der Waals surface area contributed by atoms with E-state index in [0.717, 1.165) is 28.2 Å². The van der Waals surface area contributed by atoms with E-state index in [-0.39, 0.29) is 11.7 Å². The fourth-order valence-electron chi connectivity index (χ4n) is 2.95. The highest BCUT2D eigenvalue weighted by Crippen LogP contribution is 2.26. The molecule has 1 N–H and O–H groups in total. The summed E-state index contributed by atoms with van der Waals surface area (Å²) in [6, 6.07) is 11.7. The number of hydrogen-bond acceptors (Lipinski definition) is 5. The van der Waals surface area contributed by atoms with Gasteiger partial charge in [-0.3, -0.25) is 14.3 Å². The molecule has 3 aromatic rings. The van der Waals surface area contributed by atoms with Crippen LogP contribution in [0.5, 0.6) is 0 Å². The minimum Gasteiger partial charge on any atom is -0.325 e. The van der Waals surface area contributed by atoms with Gasteiger partial charge in [-0.25, -0.2) is 0 Å². The van der Waals surface area contributed by atoms with Crippen molar-refractivity contribution in [3.05, 3.63) is 66.5 Å². The maximum absolute atomic E-state index is 12.6. The number of benzene rings is 1. The Morgan fingerprint density at radius 2 is 1.90 bits per heavy atom. The van der Waals surface area contributed by atoms with Crippen molar-refractivity contribution in [1.29, 1.82) is 0 Å². The zero-order chi connectivity index (χ0) is 20.8. The maximum atomic E-state index is 12.6. The number of aromatic nitrogens is 4. The Morgan fingerprint density at radius 3 is 2.59 bits per heavy atom. The number of allylic oxidation sites excluding steroid dienone is 1. The largest absolute Gasteiger partial charge is 0.325 e. The Labute approximate surface area is 175 Å². The van der Waals surface area contributed by atoms with E-state index < -0.39 is 0 Å². The molecule has 150 valence electrons. The molecule has 7 heteroatoms. The van der Waals surface area contributed by atoms with Gasteiger partial charge in [-0.2, -0.15) is 0 Å². The van der Waals surface area contributed by atoms with Gasteiger partial charge in [-0.05, 0) is 36.6 Å². The Balaban J connectivity index is 1.74. The number of amides is 1. The van der Waals surface area contributed by atoms with E-state index in [1.54, 1.807) is 12.4 Å². The van der Waals surface area contributed by atoms with E-state index in [1.807, 2.05) is 47.9 Å². The van der Waals surface area contributed by atoms with Crippen molar-refractivity contribution >= 4 is 23.4 Å². The molecular formula is C22H25N5OS.